The first-order chi connectivity index (χ1) is 9.60. The van der Waals surface area contributed by atoms with Crippen LogP contribution in [-0.2, 0) is 6.54 Å². The van der Waals surface area contributed by atoms with Crippen LogP contribution in [0.3, 0.4) is 0 Å². The maximum atomic E-state index is 11.3. The van der Waals surface area contributed by atoms with Crippen LogP contribution in [0.1, 0.15) is 29.3 Å². The lowest BCUT2D eigenvalue weighted by Gasteiger charge is -2.24. The highest BCUT2D eigenvalue weighted by molar-refractivity contribution is 5.89. The van der Waals surface area contributed by atoms with E-state index < -0.39 is 5.97 Å². The van der Waals surface area contributed by atoms with Crippen molar-refractivity contribution in [2.24, 2.45) is 5.92 Å². The SMILES string of the molecule is CCN(Cc1ccccc1C(=O)O)C[C@@H]1CCN(C)C1. The van der Waals surface area contributed by atoms with E-state index in [0.29, 0.717) is 11.5 Å². The molecular formula is C16H24N2O2. The van der Waals surface area contributed by atoms with E-state index in [1.54, 1.807) is 12.1 Å². The molecular weight excluding hydrogens is 252 g/mol. The predicted octanol–water partition coefficient (Wildman–Crippen LogP) is 2.16. The van der Waals surface area contributed by atoms with Crippen LogP contribution < -0.4 is 0 Å². The number of nitrogens with zero attached hydrogens (tertiary/aromatic N) is 2. The molecule has 4 heteroatoms. The van der Waals surface area contributed by atoms with Crippen LogP contribution in [0.25, 0.3) is 0 Å². The van der Waals surface area contributed by atoms with E-state index in [4.69, 9.17) is 0 Å². The summed E-state index contributed by atoms with van der Waals surface area (Å²) in [6.07, 6.45) is 1.24. The van der Waals surface area contributed by atoms with Crippen molar-refractivity contribution in [2.45, 2.75) is 19.9 Å². The summed E-state index contributed by atoms with van der Waals surface area (Å²) < 4.78 is 0. The minimum Gasteiger partial charge on any atom is -0.478 e. The Morgan fingerprint density at radius 1 is 1.45 bits per heavy atom. The van der Waals surface area contributed by atoms with E-state index in [1.165, 1.54) is 13.0 Å². The van der Waals surface area contributed by atoms with Gasteiger partial charge in [-0.2, -0.15) is 0 Å². The second-order valence-electron chi connectivity index (χ2n) is 5.71. The van der Waals surface area contributed by atoms with Gasteiger partial charge < -0.3 is 10.0 Å². The topological polar surface area (TPSA) is 43.8 Å². The average Bonchev–Trinajstić information content (AvgIpc) is 2.83. The molecule has 0 aliphatic carbocycles. The summed E-state index contributed by atoms with van der Waals surface area (Å²) in [4.78, 5) is 16.0. The van der Waals surface area contributed by atoms with Gasteiger partial charge in [0.25, 0.3) is 0 Å². The van der Waals surface area contributed by atoms with Gasteiger partial charge in [0.2, 0.25) is 0 Å². The number of carboxylic acids is 1. The first kappa shape index (κ1) is 15.0. The number of rotatable bonds is 6. The van der Waals surface area contributed by atoms with Gasteiger partial charge in [0, 0.05) is 19.6 Å². The van der Waals surface area contributed by atoms with Gasteiger partial charge in [-0.15, -0.1) is 0 Å². The minimum absolute atomic E-state index is 0.425. The molecule has 1 heterocycles. The Morgan fingerprint density at radius 2 is 2.20 bits per heavy atom. The molecule has 20 heavy (non-hydrogen) atoms. The van der Waals surface area contributed by atoms with Crippen LogP contribution in [0.2, 0.25) is 0 Å². The Labute approximate surface area is 121 Å². The van der Waals surface area contributed by atoms with Crippen molar-refractivity contribution >= 4 is 5.97 Å². The fourth-order valence-corrected chi connectivity index (χ4v) is 2.95. The first-order valence-electron chi connectivity index (χ1n) is 7.32. The zero-order valence-corrected chi connectivity index (χ0v) is 12.4. The smallest absolute Gasteiger partial charge is 0.336 e. The quantitative estimate of drug-likeness (QED) is 0.864. The van der Waals surface area contributed by atoms with Crippen LogP contribution in [0, 0.1) is 5.92 Å². The molecule has 1 saturated heterocycles. The van der Waals surface area contributed by atoms with Crippen LogP contribution in [0.4, 0.5) is 0 Å². The molecule has 1 aromatic rings. The third kappa shape index (κ3) is 3.81. The van der Waals surface area contributed by atoms with Gasteiger partial charge in [-0.3, -0.25) is 4.90 Å². The highest BCUT2D eigenvalue weighted by Gasteiger charge is 2.22. The largest absolute Gasteiger partial charge is 0.478 e. The highest BCUT2D eigenvalue weighted by Crippen LogP contribution is 2.18. The summed E-state index contributed by atoms with van der Waals surface area (Å²) in [7, 11) is 2.16. The second-order valence-corrected chi connectivity index (χ2v) is 5.71. The molecule has 0 radical (unpaired) electrons. The molecule has 0 unspecified atom stereocenters. The zero-order valence-electron chi connectivity index (χ0n) is 12.4. The van der Waals surface area contributed by atoms with Crippen molar-refractivity contribution < 1.29 is 9.90 Å². The maximum Gasteiger partial charge on any atom is 0.336 e. The third-order valence-electron chi connectivity index (χ3n) is 4.09. The molecule has 0 bridgehead atoms. The number of hydrogen-bond donors (Lipinski definition) is 1. The normalized spacial score (nSPS) is 19.6. The molecule has 110 valence electrons. The Bertz CT molecular complexity index is 462. The molecule has 1 aliphatic rings. The van der Waals surface area contributed by atoms with Crippen molar-refractivity contribution in [3.05, 3.63) is 35.4 Å². The fourth-order valence-electron chi connectivity index (χ4n) is 2.95. The molecule has 1 aromatic carbocycles. The first-order valence-corrected chi connectivity index (χ1v) is 7.32. The van der Waals surface area contributed by atoms with E-state index >= 15 is 0 Å². The zero-order chi connectivity index (χ0) is 14.5. The van der Waals surface area contributed by atoms with E-state index in [2.05, 4.69) is 23.8 Å². The monoisotopic (exact) mass is 276 g/mol. The minimum atomic E-state index is -0.836. The summed E-state index contributed by atoms with van der Waals surface area (Å²) in [6.45, 7) is 7.19. The molecule has 0 saturated carbocycles. The third-order valence-corrected chi connectivity index (χ3v) is 4.09. The van der Waals surface area contributed by atoms with Gasteiger partial charge in [-0.25, -0.2) is 4.79 Å². The highest BCUT2D eigenvalue weighted by atomic mass is 16.4. The van der Waals surface area contributed by atoms with Crippen LogP contribution >= 0.6 is 0 Å². The molecule has 2 rings (SSSR count). The number of hydrogen-bond acceptors (Lipinski definition) is 3. The van der Waals surface area contributed by atoms with Gasteiger partial charge in [0.05, 0.1) is 5.56 Å². The number of likely N-dealkylation sites (tertiary alicyclic amines) is 1. The van der Waals surface area contributed by atoms with Gasteiger partial charge in [0.15, 0.2) is 0 Å². The van der Waals surface area contributed by atoms with E-state index in [-0.39, 0.29) is 0 Å². The molecule has 0 aromatic heterocycles. The van der Waals surface area contributed by atoms with Crippen molar-refractivity contribution in [3.63, 3.8) is 0 Å². The second kappa shape index (κ2) is 6.86. The maximum absolute atomic E-state index is 11.3. The standard InChI is InChI=1S/C16H24N2O2/c1-3-18(11-13-8-9-17(2)10-13)12-14-6-4-5-7-15(14)16(19)20/h4-7,13H,3,8-12H2,1-2H3,(H,19,20)/t13-/m1/s1. The molecule has 1 atom stereocenters. The molecule has 1 aliphatic heterocycles. The Hall–Kier alpha value is -1.39. The van der Waals surface area contributed by atoms with Crippen LogP contribution in [0.5, 0.6) is 0 Å². The Balaban J connectivity index is 2.01. The molecule has 1 N–H and O–H groups in total. The molecule has 0 spiro atoms. The predicted molar refractivity (Wildman–Crippen MR) is 80.0 cm³/mol. The van der Waals surface area contributed by atoms with Crippen molar-refractivity contribution in [1.82, 2.24) is 9.80 Å². The van der Waals surface area contributed by atoms with E-state index in [9.17, 15) is 9.90 Å². The lowest BCUT2D eigenvalue weighted by Crippen LogP contribution is -2.30. The lowest BCUT2D eigenvalue weighted by molar-refractivity contribution is 0.0694. The van der Waals surface area contributed by atoms with Crippen molar-refractivity contribution in [3.8, 4) is 0 Å². The molecule has 0 amide bonds. The number of benzene rings is 1. The van der Waals surface area contributed by atoms with Gasteiger partial charge in [-0.1, -0.05) is 25.1 Å². The molecule has 4 nitrogen and oxygen atoms in total. The summed E-state index contributed by atoms with van der Waals surface area (Å²) in [5.41, 5.74) is 1.34. The van der Waals surface area contributed by atoms with Crippen LogP contribution in [0.15, 0.2) is 24.3 Å². The van der Waals surface area contributed by atoms with Gasteiger partial charge in [-0.05, 0) is 44.1 Å². The van der Waals surface area contributed by atoms with E-state index in [1.807, 2.05) is 12.1 Å². The fraction of sp³-hybridized carbons (Fsp3) is 0.562. The average molecular weight is 276 g/mol. The summed E-state index contributed by atoms with van der Waals surface area (Å²) >= 11 is 0. The number of carbonyl (C=O) groups is 1. The number of aromatic carboxylic acids is 1. The van der Waals surface area contributed by atoms with Gasteiger partial charge >= 0.3 is 5.97 Å². The summed E-state index contributed by atoms with van der Waals surface area (Å²) in [5, 5.41) is 9.25. The van der Waals surface area contributed by atoms with Gasteiger partial charge in [0.1, 0.15) is 0 Å². The van der Waals surface area contributed by atoms with Crippen molar-refractivity contribution in [1.29, 1.82) is 0 Å². The Morgan fingerprint density at radius 3 is 2.80 bits per heavy atom. The Kier molecular flexibility index (Phi) is 5.15. The molecule has 1 fully saturated rings. The summed E-state index contributed by atoms with van der Waals surface area (Å²) in [5.74, 6) is -0.130. The lowest BCUT2D eigenvalue weighted by atomic mass is 10.1. The summed E-state index contributed by atoms with van der Waals surface area (Å²) in [6, 6.07) is 7.32. The van der Waals surface area contributed by atoms with E-state index in [0.717, 1.165) is 31.7 Å². The van der Waals surface area contributed by atoms with Crippen molar-refractivity contribution in [2.75, 3.05) is 33.2 Å². The van der Waals surface area contributed by atoms with Crippen LogP contribution in [-0.4, -0.2) is 54.1 Å². The number of carboxylic acid groups (broad SMARTS) is 1.